The van der Waals surface area contributed by atoms with Gasteiger partial charge in [0, 0.05) is 12.6 Å². The van der Waals surface area contributed by atoms with Crippen LogP contribution in [-0.4, -0.2) is 9.78 Å². The number of rotatable bonds is 4. The van der Waals surface area contributed by atoms with Crippen molar-refractivity contribution in [2.45, 2.75) is 26.4 Å². The van der Waals surface area contributed by atoms with Gasteiger partial charge in [-0.25, -0.2) is 0 Å². The molecule has 0 saturated carbocycles. The molecule has 2 N–H and O–H groups in total. The molecule has 0 spiro atoms. The van der Waals surface area contributed by atoms with E-state index in [0.29, 0.717) is 16.5 Å². The van der Waals surface area contributed by atoms with Gasteiger partial charge in [0.05, 0.1) is 17.4 Å². The molecule has 2 aromatic rings. The molecule has 1 unspecified atom stereocenters. The van der Waals surface area contributed by atoms with E-state index < -0.39 is 0 Å². The average Bonchev–Trinajstić information content (AvgIpc) is 2.79. The van der Waals surface area contributed by atoms with Crippen LogP contribution in [0.2, 0.25) is 5.02 Å². The minimum atomic E-state index is -0.0422. The van der Waals surface area contributed by atoms with Crippen LogP contribution in [0.15, 0.2) is 30.6 Å². The summed E-state index contributed by atoms with van der Waals surface area (Å²) in [6.45, 7) is 4.74. The Kier molecular flexibility index (Phi) is 3.89. The van der Waals surface area contributed by atoms with Crippen molar-refractivity contribution in [2.24, 2.45) is 5.73 Å². The molecule has 0 aliphatic heterocycles. The Morgan fingerprint density at radius 3 is 2.83 bits per heavy atom. The molecule has 2 rings (SSSR count). The average molecular weight is 266 g/mol. The lowest BCUT2D eigenvalue weighted by Crippen LogP contribution is -2.04. The highest BCUT2D eigenvalue weighted by Gasteiger charge is 2.08. The van der Waals surface area contributed by atoms with Gasteiger partial charge in [0.15, 0.2) is 5.75 Å². The van der Waals surface area contributed by atoms with Gasteiger partial charge in [-0.05, 0) is 31.5 Å². The van der Waals surface area contributed by atoms with Crippen LogP contribution in [0.3, 0.4) is 0 Å². The summed E-state index contributed by atoms with van der Waals surface area (Å²) in [5.74, 6) is 1.28. The maximum absolute atomic E-state index is 6.16. The Morgan fingerprint density at radius 2 is 2.28 bits per heavy atom. The molecule has 1 aromatic carbocycles. The molecule has 0 radical (unpaired) electrons. The van der Waals surface area contributed by atoms with Crippen molar-refractivity contribution >= 4 is 11.6 Å². The smallest absolute Gasteiger partial charge is 0.165 e. The Labute approximate surface area is 111 Å². The molecule has 0 fully saturated rings. The van der Waals surface area contributed by atoms with E-state index in [9.17, 15) is 0 Å². The van der Waals surface area contributed by atoms with Crippen LogP contribution in [0, 0.1) is 0 Å². The van der Waals surface area contributed by atoms with Crippen LogP contribution in [0.5, 0.6) is 11.5 Å². The van der Waals surface area contributed by atoms with Crippen LogP contribution in [0.4, 0.5) is 0 Å². The number of nitrogens with two attached hydrogens (primary N) is 1. The van der Waals surface area contributed by atoms with Crippen LogP contribution in [0.25, 0.3) is 0 Å². The fourth-order valence-corrected chi connectivity index (χ4v) is 1.81. The molecule has 0 aliphatic rings. The zero-order valence-electron chi connectivity index (χ0n) is 10.4. The first-order valence-corrected chi connectivity index (χ1v) is 6.23. The van der Waals surface area contributed by atoms with Crippen LogP contribution in [-0.2, 0) is 6.54 Å². The Balaban J connectivity index is 2.19. The van der Waals surface area contributed by atoms with Gasteiger partial charge in [0.2, 0.25) is 0 Å². The molecule has 0 bridgehead atoms. The van der Waals surface area contributed by atoms with E-state index in [1.165, 1.54) is 0 Å². The highest BCUT2D eigenvalue weighted by molar-refractivity contribution is 6.32. The minimum Gasteiger partial charge on any atom is -0.452 e. The predicted molar refractivity (Wildman–Crippen MR) is 72.0 cm³/mol. The van der Waals surface area contributed by atoms with Crippen molar-refractivity contribution in [1.29, 1.82) is 0 Å². The first-order chi connectivity index (χ1) is 8.60. The van der Waals surface area contributed by atoms with E-state index in [4.69, 9.17) is 22.1 Å². The summed E-state index contributed by atoms with van der Waals surface area (Å²) in [6.07, 6.45) is 3.50. The van der Waals surface area contributed by atoms with Gasteiger partial charge < -0.3 is 10.5 Å². The number of benzene rings is 1. The third kappa shape index (κ3) is 2.83. The predicted octanol–water partition coefficient (Wildman–Crippen LogP) is 3.37. The van der Waals surface area contributed by atoms with Gasteiger partial charge in [-0.3, -0.25) is 4.68 Å². The lowest BCUT2D eigenvalue weighted by Gasteiger charge is -2.09. The number of aryl methyl sites for hydroxylation is 1. The highest BCUT2D eigenvalue weighted by Crippen LogP contribution is 2.31. The van der Waals surface area contributed by atoms with Crippen molar-refractivity contribution in [2.75, 3.05) is 0 Å². The van der Waals surface area contributed by atoms with E-state index in [1.54, 1.807) is 10.9 Å². The van der Waals surface area contributed by atoms with E-state index in [0.717, 1.165) is 12.1 Å². The quantitative estimate of drug-likeness (QED) is 0.922. The van der Waals surface area contributed by atoms with Gasteiger partial charge in [0.25, 0.3) is 0 Å². The number of halogens is 1. The van der Waals surface area contributed by atoms with Gasteiger partial charge in [-0.15, -0.1) is 0 Å². The Bertz CT molecular complexity index is 537. The number of hydrogen-bond acceptors (Lipinski definition) is 3. The van der Waals surface area contributed by atoms with Gasteiger partial charge in [-0.1, -0.05) is 17.7 Å². The third-order valence-corrected chi connectivity index (χ3v) is 2.94. The molecule has 1 heterocycles. The Hall–Kier alpha value is -1.52. The molecule has 18 heavy (non-hydrogen) atoms. The van der Waals surface area contributed by atoms with E-state index in [2.05, 4.69) is 5.10 Å². The summed E-state index contributed by atoms with van der Waals surface area (Å²) in [5.41, 5.74) is 6.78. The van der Waals surface area contributed by atoms with Gasteiger partial charge in [-0.2, -0.15) is 5.10 Å². The second-order valence-electron chi connectivity index (χ2n) is 4.11. The summed E-state index contributed by atoms with van der Waals surface area (Å²) < 4.78 is 7.46. The fourth-order valence-electron chi connectivity index (χ4n) is 1.58. The topological polar surface area (TPSA) is 53.1 Å². The standard InChI is InChI=1S/C13H16ClN3O/c1-3-17-8-11(7-16-17)18-13-5-4-10(9(2)15)6-12(13)14/h4-9H,3,15H2,1-2H3. The molecular formula is C13H16ClN3O. The van der Waals surface area contributed by atoms with Crippen molar-refractivity contribution in [3.05, 3.63) is 41.2 Å². The Morgan fingerprint density at radius 1 is 1.50 bits per heavy atom. The summed E-state index contributed by atoms with van der Waals surface area (Å²) in [5, 5.41) is 4.68. The number of ether oxygens (including phenoxy) is 1. The lowest BCUT2D eigenvalue weighted by atomic mass is 10.1. The van der Waals surface area contributed by atoms with Crippen LogP contribution >= 0.6 is 11.6 Å². The normalized spacial score (nSPS) is 12.4. The zero-order chi connectivity index (χ0) is 13.1. The number of hydrogen-bond donors (Lipinski definition) is 1. The fraction of sp³-hybridized carbons (Fsp3) is 0.308. The molecule has 1 atom stereocenters. The summed E-state index contributed by atoms with van der Waals surface area (Å²) >= 11 is 6.16. The molecular weight excluding hydrogens is 250 g/mol. The van der Waals surface area contributed by atoms with Crippen LogP contribution in [0.1, 0.15) is 25.5 Å². The second-order valence-corrected chi connectivity index (χ2v) is 4.52. The van der Waals surface area contributed by atoms with Crippen molar-refractivity contribution < 1.29 is 4.74 Å². The molecule has 96 valence electrons. The number of nitrogens with zero attached hydrogens (tertiary/aromatic N) is 2. The molecule has 5 heteroatoms. The van der Waals surface area contributed by atoms with Crippen molar-refractivity contribution in [1.82, 2.24) is 9.78 Å². The highest BCUT2D eigenvalue weighted by atomic mass is 35.5. The molecule has 4 nitrogen and oxygen atoms in total. The third-order valence-electron chi connectivity index (χ3n) is 2.64. The first kappa shape index (κ1) is 12.9. The first-order valence-electron chi connectivity index (χ1n) is 5.85. The zero-order valence-corrected chi connectivity index (χ0v) is 11.2. The van der Waals surface area contributed by atoms with Gasteiger partial charge >= 0.3 is 0 Å². The summed E-state index contributed by atoms with van der Waals surface area (Å²) in [6, 6.07) is 5.52. The van der Waals surface area contributed by atoms with Crippen molar-refractivity contribution in [3.63, 3.8) is 0 Å². The van der Waals surface area contributed by atoms with Crippen LogP contribution < -0.4 is 10.5 Å². The monoisotopic (exact) mass is 265 g/mol. The molecule has 1 aromatic heterocycles. The van der Waals surface area contributed by atoms with E-state index in [-0.39, 0.29) is 6.04 Å². The molecule has 0 amide bonds. The lowest BCUT2D eigenvalue weighted by molar-refractivity contribution is 0.481. The van der Waals surface area contributed by atoms with E-state index >= 15 is 0 Å². The maximum atomic E-state index is 6.16. The molecule has 0 aliphatic carbocycles. The van der Waals surface area contributed by atoms with E-state index in [1.807, 2.05) is 38.2 Å². The number of aromatic nitrogens is 2. The second kappa shape index (κ2) is 5.42. The SMILES string of the molecule is CCn1cc(Oc2ccc(C(C)N)cc2Cl)cn1. The van der Waals surface area contributed by atoms with Crippen molar-refractivity contribution in [3.8, 4) is 11.5 Å². The largest absolute Gasteiger partial charge is 0.452 e. The summed E-state index contributed by atoms with van der Waals surface area (Å²) in [4.78, 5) is 0. The summed E-state index contributed by atoms with van der Waals surface area (Å²) in [7, 11) is 0. The van der Waals surface area contributed by atoms with Gasteiger partial charge in [0.1, 0.15) is 5.75 Å². The maximum Gasteiger partial charge on any atom is 0.165 e. The molecule has 0 saturated heterocycles. The minimum absolute atomic E-state index is 0.0422.